The summed E-state index contributed by atoms with van der Waals surface area (Å²) in [5, 5.41) is 4.43. The molecule has 1 fully saturated rings. The molecule has 2 N–H and O–H groups in total. The normalized spacial score (nSPS) is 25.2. The third-order valence-corrected chi connectivity index (χ3v) is 3.48. The molecule has 0 bridgehead atoms. The predicted octanol–water partition coefficient (Wildman–Crippen LogP) is 1.84. The third-order valence-electron chi connectivity index (χ3n) is 3.48. The minimum Gasteiger partial charge on any atom is -0.326 e. The maximum atomic E-state index is 6.03. The van der Waals surface area contributed by atoms with Crippen LogP contribution in [-0.2, 0) is 12.1 Å². The van der Waals surface area contributed by atoms with Crippen LogP contribution in [0.1, 0.15) is 33.3 Å². The van der Waals surface area contributed by atoms with E-state index in [2.05, 4.69) is 43.9 Å². The van der Waals surface area contributed by atoms with Crippen LogP contribution >= 0.6 is 12.4 Å². The SMILES string of the molecule is CC1CN(Cc2cnn(C(C)(C)C)c2)CC1N.Cl. The predicted molar refractivity (Wildman–Crippen MR) is 76.9 cm³/mol. The van der Waals surface area contributed by atoms with E-state index in [0.717, 1.165) is 19.6 Å². The Morgan fingerprint density at radius 2 is 2.06 bits per heavy atom. The average Bonchev–Trinajstić information content (AvgIpc) is 2.75. The van der Waals surface area contributed by atoms with Crippen LogP contribution in [0, 0.1) is 5.92 Å². The molecule has 2 atom stereocenters. The Kier molecular flexibility index (Phi) is 4.81. The zero-order valence-electron chi connectivity index (χ0n) is 11.8. The Labute approximate surface area is 116 Å². The molecule has 1 aliphatic rings. The number of nitrogens with zero attached hydrogens (tertiary/aromatic N) is 3. The molecule has 5 heteroatoms. The van der Waals surface area contributed by atoms with Crippen molar-refractivity contribution in [3.63, 3.8) is 0 Å². The van der Waals surface area contributed by atoms with E-state index < -0.39 is 0 Å². The molecule has 104 valence electrons. The maximum absolute atomic E-state index is 6.03. The molecule has 18 heavy (non-hydrogen) atoms. The van der Waals surface area contributed by atoms with Gasteiger partial charge < -0.3 is 5.73 Å². The van der Waals surface area contributed by atoms with Crippen molar-refractivity contribution in [3.05, 3.63) is 18.0 Å². The van der Waals surface area contributed by atoms with Gasteiger partial charge in [-0.1, -0.05) is 6.92 Å². The van der Waals surface area contributed by atoms with Crippen LogP contribution < -0.4 is 5.73 Å². The summed E-state index contributed by atoms with van der Waals surface area (Å²) < 4.78 is 2.03. The summed E-state index contributed by atoms with van der Waals surface area (Å²) in [7, 11) is 0. The second-order valence-electron chi connectivity index (χ2n) is 6.30. The quantitative estimate of drug-likeness (QED) is 0.894. The first kappa shape index (κ1) is 15.5. The lowest BCUT2D eigenvalue weighted by Crippen LogP contribution is -2.28. The molecule has 0 amide bonds. The molecule has 2 heterocycles. The highest BCUT2D eigenvalue weighted by Gasteiger charge is 2.26. The molecule has 0 radical (unpaired) electrons. The first-order valence-electron chi connectivity index (χ1n) is 6.38. The number of rotatable bonds is 2. The fourth-order valence-electron chi connectivity index (χ4n) is 2.29. The lowest BCUT2D eigenvalue weighted by atomic mass is 10.1. The van der Waals surface area contributed by atoms with Crippen molar-refractivity contribution < 1.29 is 0 Å². The molecule has 1 aromatic rings. The van der Waals surface area contributed by atoms with Crippen LogP contribution in [0.5, 0.6) is 0 Å². The molecular weight excluding hydrogens is 248 g/mol. The molecule has 1 aromatic heterocycles. The van der Waals surface area contributed by atoms with Gasteiger partial charge in [0.05, 0.1) is 11.7 Å². The molecule has 1 aliphatic heterocycles. The van der Waals surface area contributed by atoms with Gasteiger partial charge in [0.15, 0.2) is 0 Å². The van der Waals surface area contributed by atoms with Crippen LogP contribution in [0.2, 0.25) is 0 Å². The van der Waals surface area contributed by atoms with Crippen LogP contribution in [0.15, 0.2) is 12.4 Å². The minimum atomic E-state index is 0. The standard InChI is InChI=1S/C13H24N4.ClH/c1-10-6-16(9-12(10)14)7-11-5-15-17(8-11)13(2,3)4;/h5,8,10,12H,6-7,9,14H2,1-4H3;1H. The van der Waals surface area contributed by atoms with E-state index in [4.69, 9.17) is 5.73 Å². The average molecular weight is 273 g/mol. The summed E-state index contributed by atoms with van der Waals surface area (Å²) in [5.74, 6) is 0.604. The van der Waals surface area contributed by atoms with Gasteiger partial charge in [-0.3, -0.25) is 9.58 Å². The highest BCUT2D eigenvalue weighted by atomic mass is 35.5. The van der Waals surface area contributed by atoms with E-state index in [0.29, 0.717) is 12.0 Å². The summed E-state index contributed by atoms with van der Waals surface area (Å²) in [4.78, 5) is 2.42. The Balaban J connectivity index is 0.00000162. The van der Waals surface area contributed by atoms with Crippen molar-refractivity contribution in [3.8, 4) is 0 Å². The van der Waals surface area contributed by atoms with E-state index in [1.54, 1.807) is 0 Å². The van der Waals surface area contributed by atoms with Crippen molar-refractivity contribution in [1.29, 1.82) is 0 Å². The number of hydrogen-bond donors (Lipinski definition) is 1. The number of aromatic nitrogens is 2. The van der Waals surface area contributed by atoms with Gasteiger partial charge in [-0.05, 0) is 26.7 Å². The highest BCUT2D eigenvalue weighted by molar-refractivity contribution is 5.85. The molecule has 0 spiro atoms. The zero-order chi connectivity index (χ0) is 12.6. The Bertz CT molecular complexity index is 373. The molecule has 1 saturated heterocycles. The van der Waals surface area contributed by atoms with E-state index in [1.807, 2.05) is 10.9 Å². The van der Waals surface area contributed by atoms with Gasteiger partial charge in [0.2, 0.25) is 0 Å². The van der Waals surface area contributed by atoms with Crippen LogP contribution in [0.3, 0.4) is 0 Å². The molecule has 2 rings (SSSR count). The molecule has 4 nitrogen and oxygen atoms in total. The summed E-state index contributed by atoms with van der Waals surface area (Å²) >= 11 is 0. The second kappa shape index (κ2) is 5.59. The molecule has 0 aliphatic carbocycles. The fourth-order valence-corrected chi connectivity index (χ4v) is 2.29. The fraction of sp³-hybridized carbons (Fsp3) is 0.769. The van der Waals surface area contributed by atoms with Gasteiger partial charge in [-0.15, -0.1) is 12.4 Å². The first-order valence-corrected chi connectivity index (χ1v) is 6.38. The summed E-state index contributed by atoms with van der Waals surface area (Å²) in [6.45, 7) is 11.8. The van der Waals surface area contributed by atoms with Crippen LogP contribution in [-0.4, -0.2) is 33.8 Å². The summed E-state index contributed by atoms with van der Waals surface area (Å²) in [6.07, 6.45) is 4.12. The maximum Gasteiger partial charge on any atom is 0.0543 e. The smallest absolute Gasteiger partial charge is 0.0543 e. The zero-order valence-corrected chi connectivity index (χ0v) is 12.6. The third kappa shape index (κ3) is 3.46. The number of likely N-dealkylation sites (tertiary alicyclic amines) is 1. The molecule has 2 unspecified atom stereocenters. The summed E-state index contributed by atoms with van der Waals surface area (Å²) in [5.41, 5.74) is 7.38. The summed E-state index contributed by atoms with van der Waals surface area (Å²) in [6, 6.07) is 0.327. The highest BCUT2D eigenvalue weighted by Crippen LogP contribution is 2.18. The largest absolute Gasteiger partial charge is 0.326 e. The Morgan fingerprint density at radius 1 is 1.39 bits per heavy atom. The van der Waals surface area contributed by atoms with Gasteiger partial charge in [0, 0.05) is 37.4 Å². The Morgan fingerprint density at radius 3 is 2.50 bits per heavy atom. The van der Waals surface area contributed by atoms with Gasteiger partial charge in [0.1, 0.15) is 0 Å². The minimum absolute atomic E-state index is 0. The van der Waals surface area contributed by atoms with E-state index in [1.165, 1.54) is 5.56 Å². The van der Waals surface area contributed by atoms with E-state index in [-0.39, 0.29) is 17.9 Å². The Hall–Kier alpha value is -0.580. The topological polar surface area (TPSA) is 47.1 Å². The monoisotopic (exact) mass is 272 g/mol. The van der Waals surface area contributed by atoms with Gasteiger partial charge >= 0.3 is 0 Å². The molecule has 0 saturated carbocycles. The van der Waals surface area contributed by atoms with Crippen molar-refractivity contribution in [1.82, 2.24) is 14.7 Å². The van der Waals surface area contributed by atoms with Crippen molar-refractivity contribution in [2.45, 2.75) is 45.8 Å². The number of nitrogens with two attached hydrogens (primary N) is 1. The van der Waals surface area contributed by atoms with Crippen molar-refractivity contribution >= 4 is 12.4 Å². The molecular formula is C13H25ClN4. The lowest BCUT2D eigenvalue weighted by Gasteiger charge is -2.19. The second-order valence-corrected chi connectivity index (χ2v) is 6.30. The van der Waals surface area contributed by atoms with Gasteiger partial charge in [-0.2, -0.15) is 5.10 Å². The number of hydrogen-bond acceptors (Lipinski definition) is 3. The van der Waals surface area contributed by atoms with Crippen LogP contribution in [0.4, 0.5) is 0 Å². The first-order chi connectivity index (χ1) is 7.86. The lowest BCUT2D eigenvalue weighted by molar-refractivity contribution is 0.317. The molecule has 0 aromatic carbocycles. The van der Waals surface area contributed by atoms with Crippen LogP contribution in [0.25, 0.3) is 0 Å². The van der Waals surface area contributed by atoms with E-state index in [9.17, 15) is 0 Å². The van der Waals surface area contributed by atoms with Crippen molar-refractivity contribution in [2.24, 2.45) is 11.7 Å². The van der Waals surface area contributed by atoms with Gasteiger partial charge in [0.25, 0.3) is 0 Å². The van der Waals surface area contributed by atoms with E-state index >= 15 is 0 Å². The van der Waals surface area contributed by atoms with Gasteiger partial charge in [-0.25, -0.2) is 0 Å². The van der Waals surface area contributed by atoms with Crippen molar-refractivity contribution in [2.75, 3.05) is 13.1 Å². The number of halogens is 1.